The zero-order valence-electron chi connectivity index (χ0n) is 16.8. The van der Waals surface area contributed by atoms with E-state index in [4.69, 9.17) is 4.99 Å². The molecule has 1 aliphatic rings. The maximum Gasteiger partial charge on any atom is 0.194 e. The van der Waals surface area contributed by atoms with Crippen LogP contribution in [0.15, 0.2) is 29.3 Å². The summed E-state index contributed by atoms with van der Waals surface area (Å²) in [6.07, 6.45) is 0.935. The van der Waals surface area contributed by atoms with Crippen molar-refractivity contribution in [1.82, 2.24) is 15.2 Å². The molecule has 6 nitrogen and oxygen atoms in total. The van der Waals surface area contributed by atoms with Gasteiger partial charge in [0.15, 0.2) is 5.96 Å². The number of phenolic OH excluding ortho intramolecular Hbond substituents is 1. The lowest BCUT2D eigenvalue weighted by atomic mass is 10.2. The molecule has 0 aliphatic carbocycles. The van der Waals surface area contributed by atoms with Gasteiger partial charge in [-0.3, -0.25) is 4.99 Å². The predicted octanol–water partition coefficient (Wildman–Crippen LogP) is 3.41. The van der Waals surface area contributed by atoms with Gasteiger partial charge in [0.05, 0.1) is 16.4 Å². The van der Waals surface area contributed by atoms with E-state index in [-0.39, 0.29) is 24.0 Å². The molecular weight excluding hydrogens is 485 g/mol. The standard InChI is InChI=1S/C20H29N5OS.HI/c1-4-21-20(22-10-9-19-15(2)23-16(3)27-19)25-13-11-24(12-14-25)17-7-5-6-8-18(17)26;/h5-8,26H,4,9-14H2,1-3H3,(H,21,22);1H. The molecule has 28 heavy (non-hydrogen) atoms. The van der Waals surface area contributed by atoms with E-state index in [1.807, 2.05) is 18.2 Å². The molecule has 2 heterocycles. The van der Waals surface area contributed by atoms with Crippen LogP contribution in [0, 0.1) is 13.8 Å². The van der Waals surface area contributed by atoms with Gasteiger partial charge >= 0.3 is 0 Å². The minimum absolute atomic E-state index is 0. The number of aryl methyl sites for hydroxylation is 2. The Labute approximate surface area is 188 Å². The second kappa shape index (κ2) is 10.8. The number of piperazine rings is 1. The number of anilines is 1. The van der Waals surface area contributed by atoms with Crippen molar-refractivity contribution in [3.05, 3.63) is 39.8 Å². The number of thiazole rings is 1. The summed E-state index contributed by atoms with van der Waals surface area (Å²) in [7, 11) is 0. The van der Waals surface area contributed by atoms with Crippen LogP contribution in [0.5, 0.6) is 5.75 Å². The molecule has 0 atom stereocenters. The number of hydrogen-bond acceptors (Lipinski definition) is 5. The van der Waals surface area contributed by atoms with Crippen molar-refractivity contribution in [2.45, 2.75) is 27.2 Å². The summed E-state index contributed by atoms with van der Waals surface area (Å²) >= 11 is 1.77. The van der Waals surface area contributed by atoms with Crippen molar-refractivity contribution in [2.24, 2.45) is 4.99 Å². The number of nitrogens with one attached hydrogen (secondary N) is 1. The van der Waals surface area contributed by atoms with Crippen molar-refractivity contribution < 1.29 is 5.11 Å². The molecule has 8 heteroatoms. The van der Waals surface area contributed by atoms with Crippen LogP contribution < -0.4 is 10.2 Å². The molecule has 0 bridgehead atoms. The lowest BCUT2D eigenvalue weighted by molar-refractivity contribution is 0.370. The zero-order valence-corrected chi connectivity index (χ0v) is 20.0. The van der Waals surface area contributed by atoms with E-state index in [9.17, 15) is 5.11 Å². The first-order valence-electron chi connectivity index (χ1n) is 9.57. The third kappa shape index (κ3) is 5.73. The van der Waals surface area contributed by atoms with Crippen LogP contribution >= 0.6 is 35.3 Å². The fraction of sp³-hybridized carbons (Fsp3) is 0.500. The minimum atomic E-state index is 0. The molecule has 154 valence electrons. The van der Waals surface area contributed by atoms with E-state index >= 15 is 0 Å². The van der Waals surface area contributed by atoms with Crippen molar-refractivity contribution in [3.63, 3.8) is 0 Å². The summed E-state index contributed by atoms with van der Waals surface area (Å²) in [5.41, 5.74) is 2.05. The number of aromatic nitrogens is 1. The summed E-state index contributed by atoms with van der Waals surface area (Å²) < 4.78 is 0. The molecule has 2 N–H and O–H groups in total. The van der Waals surface area contributed by atoms with Crippen LogP contribution in [-0.2, 0) is 6.42 Å². The van der Waals surface area contributed by atoms with Gasteiger partial charge in [0.25, 0.3) is 0 Å². The Morgan fingerprint density at radius 2 is 1.93 bits per heavy atom. The summed E-state index contributed by atoms with van der Waals surface area (Å²) in [6, 6.07) is 7.55. The fourth-order valence-electron chi connectivity index (χ4n) is 3.39. The lowest BCUT2D eigenvalue weighted by Gasteiger charge is -2.37. The second-order valence-electron chi connectivity index (χ2n) is 6.69. The molecule has 1 fully saturated rings. The first-order chi connectivity index (χ1) is 13.1. The third-order valence-electron chi connectivity index (χ3n) is 4.74. The Hall–Kier alpha value is -1.55. The Kier molecular flexibility index (Phi) is 8.81. The van der Waals surface area contributed by atoms with Gasteiger partial charge in [-0.1, -0.05) is 12.1 Å². The monoisotopic (exact) mass is 515 g/mol. The molecule has 0 spiro atoms. The molecule has 1 aliphatic heterocycles. The Balaban J connectivity index is 0.00000280. The van der Waals surface area contributed by atoms with Gasteiger partial charge in [-0.05, 0) is 32.9 Å². The maximum atomic E-state index is 10.1. The molecule has 0 saturated carbocycles. The van der Waals surface area contributed by atoms with Crippen LogP contribution in [0.3, 0.4) is 0 Å². The normalized spacial score (nSPS) is 14.8. The van der Waals surface area contributed by atoms with Gasteiger partial charge < -0.3 is 20.2 Å². The van der Waals surface area contributed by atoms with Gasteiger partial charge in [0.1, 0.15) is 5.75 Å². The fourth-order valence-corrected chi connectivity index (χ4v) is 4.31. The quantitative estimate of drug-likeness (QED) is 0.363. The SMILES string of the molecule is CCNC(=NCCc1sc(C)nc1C)N1CCN(c2ccccc2O)CC1.I. The number of guanidine groups is 1. The highest BCUT2D eigenvalue weighted by Crippen LogP contribution is 2.27. The van der Waals surface area contributed by atoms with E-state index in [1.165, 1.54) is 4.88 Å². The molecule has 0 radical (unpaired) electrons. The van der Waals surface area contributed by atoms with E-state index < -0.39 is 0 Å². The topological polar surface area (TPSA) is 64.0 Å². The Morgan fingerprint density at radius 3 is 2.54 bits per heavy atom. The summed E-state index contributed by atoms with van der Waals surface area (Å²) in [5.74, 6) is 1.33. The largest absolute Gasteiger partial charge is 0.506 e. The number of rotatable bonds is 5. The van der Waals surface area contributed by atoms with E-state index in [1.54, 1.807) is 17.4 Å². The van der Waals surface area contributed by atoms with Gasteiger partial charge in [0.2, 0.25) is 0 Å². The Morgan fingerprint density at radius 1 is 1.21 bits per heavy atom. The van der Waals surface area contributed by atoms with Gasteiger partial charge in [0, 0.05) is 50.6 Å². The first kappa shape index (κ1) is 22.7. The van der Waals surface area contributed by atoms with E-state index in [0.29, 0.717) is 5.75 Å². The number of nitrogens with zero attached hydrogens (tertiary/aromatic N) is 4. The Bertz CT molecular complexity index is 787. The molecule has 0 unspecified atom stereocenters. The molecule has 3 rings (SSSR count). The molecule has 1 aromatic heterocycles. The number of para-hydroxylation sites is 2. The summed E-state index contributed by atoms with van der Waals surface area (Å²) in [4.78, 5) is 15.2. The van der Waals surface area contributed by atoms with Crippen molar-refractivity contribution in [2.75, 3.05) is 44.2 Å². The number of phenols is 1. The molecule has 2 aromatic rings. The lowest BCUT2D eigenvalue weighted by Crippen LogP contribution is -2.52. The highest BCUT2D eigenvalue weighted by molar-refractivity contribution is 14.0. The van der Waals surface area contributed by atoms with Crippen LogP contribution in [0.4, 0.5) is 5.69 Å². The summed E-state index contributed by atoms with van der Waals surface area (Å²) in [6.45, 7) is 11.4. The van der Waals surface area contributed by atoms with Crippen LogP contribution in [0.1, 0.15) is 22.5 Å². The van der Waals surface area contributed by atoms with Crippen LogP contribution in [0.2, 0.25) is 0 Å². The number of halogens is 1. The number of hydrogen-bond donors (Lipinski definition) is 2. The summed E-state index contributed by atoms with van der Waals surface area (Å²) in [5, 5.41) is 14.6. The maximum absolute atomic E-state index is 10.1. The predicted molar refractivity (Wildman–Crippen MR) is 129 cm³/mol. The smallest absolute Gasteiger partial charge is 0.194 e. The van der Waals surface area contributed by atoms with Crippen LogP contribution in [0.25, 0.3) is 0 Å². The third-order valence-corrected chi connectivity index (χ3v) is 5.87. The highest BCUT2D eigenvalue weighted by atomic mass is 127. The van der Waals surface area contributed by atoms with Crippen molar-refractivity contribution >= 4 is 47.0 Å². The van der Waals surface area contributed by atoms with Gasteiger partial charge in [-0.25, -0.2) is 4.98 Å². The zero-order chi connectivity index (χ0) is 19.2. The number of benzene rings is 1. The van der Waals surface area contributed by atoms with Crippen molar-refractivity contribution in [1.29, 1.82) is 0 Å². The van der Waals surface area contributed by atoms with E-state index in [0.717, 1.165) is 68.0 Å². The molecule has 1 aromatic carbocycles. The van der Waals surface area contributed by atoms with Gasteiger partial charge in [-0.15, -0.1) is 35.3 Å². The molecule has 1 saturated heterocycles. The number of aliphatic imine (C=N–C) groups is 1. The van der Waals surface area contributed by atoms with E-state index in [2.05, 4.69) is 40.9 Å². The molecular formula is C20H30IN5OS. The second-order valence-corrected chi connectivity index (χ2v) is 7.98. The first-order valence-corrected chi connectivity index (χ1v) is 10.4. The average Bonchev–Trinajstić information content (AvgIpc) is 2.99. The minimum Gasteiger partial charge on any atom is -0.506 e. The average molecular weight is 515 g/mol. The van der Waals surface area contributed by atoms with Gasteiger partial charge in [-0.2, -0.15) is 0 Å². The van der Waals surface area contributed by atoms with Crippen molar-refractivity contribution in [3.8, 4) is 5.75 Å². The molecule has 0 amide bonds. The van der Waals surface area contributed by atoms with Crippen LogP contribution in [-0.4, -0.2) is 60.2 Å². The highest BCUT2D eigenvalue weighted by Gasteiger charge is 2.21. The number of aromatic hydroxyl groups is 1.